The van der Waals surface area contributed by atoms with Crippen LogP contribution >= 0.6 is 0 Å². The Labute approximate surface area is 113 Å². The van der Waals surface area contributed by atoms with Crippen LogP contribution in [-0.2, 0) is 9.59 Å². The SMILES string of the molecule is CC(C(=O)O)=C(C)C(=O)Nc1ccc(OC(F)F)cc1. The lowest BCUT2D eigenvalue weighted by Gasteiger charge is -2.08. The highest BCUT2D eigenvalue weighted by Gasteiger charge is 2.13. The molecule has 0 radical (unpaired) electrons. The van der Waals surface area contributed by atoms with Crippen LogP contribution in [0.2, 0.25) is 0 Å². The molecule has 0 unspecified atom stereocenters. The summed E-state index contributed by atoms with van der Waals surface area (Å²) in [6.45, 7) is -0.219. The Morgan fingerprint density at radius 2 is 1.70 bits per heavy atom. The minimum atomic E-state index is -2.92. The quantitative estimate of drug-likeness (QED) is 0.815. The molecule has 0 aliphatic heterocycles. The number of alkyl halides is 2. The van der Waals surface area contributed by atoms with Crippen molar-refractivity contribution in [1.82, 2.24) is 0 Å². The third-order valence-corrected chi connectivity index (χ3v) is 2.56. The molecule has 0 aromatic heterocycles. The van der Waals surface area contributed by atoms with Gasteiger partial charge in [-0.05, 0) is 38.1 Å². The van der Waals surface area contributed by atoms with Crippen molar-refractivity contribution in [1.29, 1.82) is 0 Å². The van der Waals surface area contributed by atoms with Gasteiger partial charge in [0.2, 0.25) is 0 Å². The average Bonchev–Trinajstić information content (AvgIpc) is 2.38. The van der Waals surface area contributed by atoms with E-state index in [1.807, 2.05) is 0 Å². The Bertz CT molecular complexity index is 538. The Morgan fingerprint density at radius 1 is 1.15 bits per heavy atom. The van der Waals surface area contributed by atoms with E-state index < -0.39 is 18.5 Å². The van der Waals surface area contributed by atoms with Crippen molar-refractivity contribution < 1.29 is 28.2 Å². The summed E-state index contributed by atoms with van der Waals surface area (Å²) in [7, 11) is 0. The zero-order chi connectivity index (χ0) is 15.3. The molecule has 0 bridgehead atoms. The molecule has 0 aliphatic carbocycles. The standard InChI is InChI=1S/C13H13F2NO4/c1-7(8(2)12(18)19)11(17)16-9-3-5-10(6-4-9)20-13(14)15/h3-6,13H,1-2H3,(H,16,17)(H,18,19). The number of hydrogen-bond acceptors (Lipinski definition) is 3. The number of carboxylic acids is 1. The van der Waals surface area contributed by atoms with Crippen LogP contribution in [0.3, 0.4) is 0 Å². The Balaban J connectivity index is 2.77. The van der Waals surface area contributed by atoms with Gasteiger partial charge in [0.1, 0.15) is 5.75 Å². The number of aliphatic carboxylic acids is 1. The largest absolute Gasteiger partial charge is 0.478 e. The third-order valence-electron chi connectivity index (χ3n) is 2.56. The maximum atomic E-state index is 11.9. The fourth-order valence-electron chi connectivity index (χ4n) is 1.28. The number of ether oxygens (including phenoxy) is 1. The number of halogens is 2. The smallest absolute Gasteiger partial charge is 0.387 e. The predicted molar refractivity (Wildman–Crippen MR) is 67.7 cm³/mol. The monoisotopic (exact) mass is 285 g/mol. The van der Waals surface area contributed by atoms with Crippen LogP contribution in [0.4, 0.5) is 14.5 Å². The molecule has 0 spiro atoms. The van der Waals surface area contributed by atoms with E-state index in [1.54, 1.807) is 0 Å². The highest BCUT2D eigenvalue weighted by molar-refractivity contribution is 6.08. The second-order valence-electron chi connectivity index (χ2n) is 3.91. The van der Waals surface area contributed by atoms with E-state index in [2.05, 4.69) is 10.1 Å². The van der Waals surface area contributed by atoms with Gasteiger partial charge in [0.15, 0.2) is 0 Å². The Kier molecular flexibility index (Phi) is 5.19. The Morgan fingerprint density at radius 3 is 2.15 bits per heavy atom. The van der Waals surface area contributed by atoms with E-state index in [1.165, 1.54) is 38.1 Å². The molecule has 1 aromatic carbocycles. The molecule has 7 heteroatoms. The summed E-state index contributed by atoms with van der Waals surface area (Å²) in [5.74, 6) is -1.79. The molecule has 2 N–H and O–H groups in total. The zero-order valence-electron chi connectivity index (χ0n) is 10.8. The minimum Gasteiger partial charge on any atom is -0.478 e. The fourth-order valence-corrected chi connectivity index (χ4v) is 1.28. The van der Waals surface area contributed by atoms with Gasteiger partial charge >= 0.3 is 12.6 Å². The van der Waals surface area contributed by atoms with E-state index in [0.29, 0.717) is 5.69 Å². The van der Waals surface area contributed by atoms with E-state index >= 15 is 0 Å². The van der Waals surface area contributed by atoms with Gasteiger partial charge in [-0.1, -0.05) is 0 Å². The summed E-state index contributed by atoms with van der Waals surface area (Å²) in [6, 6.07) is 5.29. The van der Waals surface area contributed by atoms with Crippen LogP contribution in [0.15, 0.2) is 35.4 Å². The number of anilines is 1. The fraction of sp³-hybridized carbons (Fsp3) is 0.231. The number of carbonyl (C=O) groups excluding carboxylic acids is 1. The molecule has 0 saturated carbocycles. The first kappa shape index (κ1) is 15.6. The second kappa shape index (κ2) is 6.65. The number of carbonyl (C=O) groups is 2. The average molecular weight is 285 g/mol. The summed E-state index contributed by atoms with van der Waals surface area (Å²) >= 11 is 0. The van der Waals surface area contributed by atoms with Crippen molar-refractivity contribution in [3.63, 3.8) is 0 Å². The van der Waals surface area contributed by atoms with E-state index in [9.17, 15) is 18.4 Å². The number of nitrogens with one attached hydrogen (secondary N) is 1. The van der Waals surface area contributed by atoms with E-state index in [0.717, 1.165) is 0 Å². The first-order valence-electron chi connectivity index (χ1n) is 5.58. The van der Waals surface area contributed by atoms with Crippen LogP contribution in [-0.4, -0.2) is 23.6 Å². The van der Waals surface area contributed by atoms with Gasteiger partial charge in [0.25, 0.3) is 5.91 Å². The maximum absolute atomic E-state index is 11.9. The van der Waals surface area contributed by atoms with Crippen molar-refractivity contribution >= 4 is 17.6 Å². The van der Waals surface area contributed by atoms with Crippen LogP contribution < -0.4 is 10.1 Å². The zero-order valence-corrected chi connectivity index (χ0v) is 10.8. The highest BCUT2D eigenvalue weighted by Crippen LogP contribution is 2.18. The van der Waals surface area contributed by atoms with Crippen molar-refractivity contribution in [3.8, 4) is 5.75 Å². The van der Waals surface area contributed by atoms with Crippen molar-refractivity contribution in [3.05, 3.63) is 35.4 Å². The molecule has 0 aliphatic rings. The van der Waals surface area contributed by atoms with Gasteiger partial charge in [-0.2, -0.15) is 8.78 Å². The van der Waals surface area contributed by atoms with E-state index in [4.69, 9.17) is 5.11 Å². The van der Waals surface area contributed by atoms with Crippen LogP contribution in [0.5, 0.6) is 5.75 Å². The lowest BCUT2D eigenvalue weighted by atomic mass is 10.1. The molecule has 0 saturated heterocycles. The van der Waals surface area contributed by atoms with Crippen molar-refractivity contribution in [2.24, 2.45) is 0 Å². The molecule has 1 aromatic rings. The minimum absolute atomic E-state index is 0.0352. The summed E-state index contributed by atoms with van der Waals surface area (Å²) in [5.41, 5.74) is 0.333. The normalized spacial score (nSPS) is 11.8. The van der Waals surface area contributed by atoms with Gasteiger partial charge < -0.3 is 15.2 Å². The highest BCUT2D eigenvalue weighted by atomic mass is 19.3. The molecule has 20 heavy (non-hydrogen) atoms. The second-order valence-corrected chi connectivity index (χ2v) is 3.91. The van der Waals surface area contributed by atoms with Gasteiger partial charge in [0, 0.05) is 16.8 Å². The molecule has 0 fully saturated rings. The van der Waals surface area contributed by atoms with Crippen LogP contribution in [0.1, 0.15) is 13.8 Å². The van der Waals surface area contributed by atoms with Crippen LogP contribution in [0.25, 0.3) is 0 Å². The summed E-state index contributed by atoms with van der Waals surface area (Å²) in [4.78, 5) is 22.5. The molecule has 1 amide bonds. The molecule has 1 rings (SSSR count). The van der Waals surface area contributed by atoms with Crippen molar-refractivity contribution in [2.45, 2.75) is 20.5 Å². The Hall–Kier alpha value is -2.44. The van der Waals surface area contributed by atoms with Crippen LogP contribution in [0, 0.1) is 0 Å². The maximum Gasteiger partial charge on any atom is 0.387 e. The number of benzene rings is 1. The molecule has 0 atom stereocenters. The summed E-state index contributed by atoms with van der Waals surface area (Å²) in [5, 5.41) is 11.2. The first-order valence-corrected chi connectivity index (χ1v) is 5.58. The molecular weight excluding hydrogens is 272 g/mol. The number of carboxylic acid groups (broad SMARTS) is 1. The lowest BCUT2D eigenvalue weighted by Crippen LogP contribution is -2.16. The predicted octanol–water partition coefficient (Wildman–Crippen LogP) is 2.65. The molecule has 108 valence electrons. The van der Waals surface area contributed by atoms with Gasteiger partial charge in [-0.3, -0.25) is 4.79 Å². The molecular formula is C13H13F2NO4. The topological polar surface area (TPSA) is 75.6 Å². The first-order chi connectivity index (χ1) is 9.31. The summed E-state index contributed by atoms with van der Waals surface area (Å²) < 4.78 is 28.1. The van der Waals surface area contributed by atoms with Gasteiger partial charge in [-0.15, -0.1) is 0 Å². The van der Waals surface area contributed by atoms with Gasteiger partial charge in [-0.25, -0.2) is 4.79 Å². The summed E-state index contributed by atoms with van der Waals surface area (Å²) in [6.07, 6.45) is 0. The number of hydrogen-bond donors (Lipinski definition) is 2. The molecule has 0 heterocycles. The number of rotatable bonds is 5. The lowest BCUT2D eigenvalue weighted by molar-refractivity contribution is -0.133. The van der Waals surface area contributed by atoms with E-state index in [-0.39, 0.29) is 16.9 Å². The third kappa shape index (κ3) is 4.34. The molecule has 5 nitrogen and oxygen atoms in total. The van der Waals surface area contributed by atoms with Crippen molar-refractivity contribution in [2.75, 3.05) is 5.32 Å². The van der Waals surface area contributed by atoms with Gasteiger partial charge in [0.05, 0.1) is 0 Å². The number of amides is 1.